The second-order valence-corrected chi connectivity index (χ2v) is 3.71. The number of benzene rings is 1. The topological polar surface area (TPSA) is 66.4 Å². The van der Waals surface area contributed by atoms with E-state index in [1.807, 2.05) is 12.1 Å². The number of carbonyl (C=O) groups excluding carboxylic acids is 1. The quantitative estimate of drug-likeness (QED) is 0.737. The first-order chi connectivity index (χ1) is 7.56. The molecule has 1 aromatic carbocycles. The maximum Gasteiger partial charge on any atom is 0.341 e. The zero-order valence-corrected chi connectivity index (χ0v) is 8.73. The molecule has 0 radical (unpaired) electrons. The van der Waals surface area contributed by atoms with Crippen LogP contribution in [0.2, 0.25) is 0 Å². The smallest absolute Gasteiger partial charge is 0.341 e. The van der Waals surface area contributed by atoms with Crippen molar-refractivity contribution in [1.82, 2.24) is 0 Å². The van der Waals surface area contributed by atoms with Gasteiger partial charge in [0.1, 0.15) is 0 Å². The molecule has 0 aromatic heterocycles. The van der Waals surface area contributed by atoms with Gasteiger partial charge in [0.2, 0.25) is 5.54 Å². The van der Waals surface area contributed by atoms with E-state index in [2.05, 4.69) is 5.32 Å². The second-order valence-electron chi connectivity index (χ2n) is 3.71. The Morgan fingerprint density at radius 2 is 2.00 bits per heavy atom. The molecule has 0 fully saturated rings. The minimum absolute atomic E-state index is 0.439. The molecule has 0 aliphatic carbocycles. The summed E-state index contributed by atoms with van der Waals surface area (Å²) in [6.45, 7) is 1.26. The van der Waals surface area contributed by atoms with Gasteiger partial charge in [-0.25, -0.2) is 4.79 Å². The van der Waals surface area contributed by atoms with Gasteiger partial charge in [-0.15, -0.1) is 0 Å². The molecule has 82 valence electrons. The summed E-state index contributed by atoms with van der Waals surface area (Å²) in [4.78, 5) is 22.7. The Bertz CT molecular complexity index is 477. The van der Waals surface area contributed by atoms with E-state index in [0.29, 0.717) is 5.69 Å². The second kappa shape index (κ2) is 3.48. The molecule has 1 aliphatic rings. The normalized spacial score (nSPS) is 22.1. The molecule has 0 saturated heterocycles. The van der Waals surface area contributed by atoms with E-state index in [0.717, 1.165) is 5.56 Å². The lowest BCUT2D eigenvalue weighted by Gasteiger charge is -2.29. The molecular weight excluding hydrogens is 206 g/mol. The monoisotopic (exact) mass is 217 g/mol. The predicted octanol–water partition coefficient (Wildman–Crippen LogP) is 1.54. The van der Waals surface area contributed by atoms with Gasteiger partial charge >= 0.3 is 5.97 Å². The van der Waals surface area contributed by atoms with Crippen LogP contribution in [-0.2, 0) is 9.59 Å². The van der Waals surface area contributed by atoms with Crippen molar-refractivity contribution in [2.75, 3.05) is 5.32 Å². The molecule has 4 heteroatoms. The molecule has 1 atom stereocenters. The van der Waals surface area contributed by atoms with Crippen molar-refractivity contribution >= 4 is 23.5 Å². The minimum atomic E-state index is -1.63. The maximum absolute atomic E-state index is 11.5. The highest BCUT2D eigenvalue weighted by atomic mass is 16.4. The number of rotatable bonds is 2. The Morgan fingerprint density at radius 3 is 2.62 bits per heavy atom. The maximum atomic E-state index is 11.5. The summed E-state index contributed by atoms with van der Waals surface area (Å²) in [7, 11) is 0. The van der Waals surface area contributed by atoms with Gasteiger partial charge in [0.05, 0.1) is 0 Å². The highest BCUT2D eigenvalue weighted by Crippen LogP contribution is 2.28. The minimum Gasteiger partial charge on any atom is -0.479 e. The van der Waals surface area contributed by atoms with Crippen LogP contribution in [0, 0.1) is 0 Å². The van der Waals surface area contributed by atoms with Gasteiger partial charge in [0.25, 0.3) is 0 Å². The number of anilines is 1. The van der Waals surface area contributed by atoms with Gasteiger partial charge in [-0.1, -0.05) is 24.3 Å². The molecule has 2 rings (SSSR count). The summed E-state index contributed by atoms with van der Waals surface area (Å²) in [5, 5.41) is 11.9. The highest BCUT2D eigenvalue weighted by molar-refractivity contribution is 6.13. The van der Waals surface area contributed by atoms with E-state index in [1.165, 1.54) is 13.0 Å². The van der Waals surface area contributed by atoms with Crippen molar-refractivity contribution in [3.05, 3.63) is 35.9 Å². The van der Waals surface area contributed by atoms with Crippen molar-refractivity contribution < 1.29 is 14.7 Å². The number of aliphatic carboxylic acids is 1. The number of carboxylic acid groups (broad SMARTS) is 1. The number of fused-ring (bicyclic) bond motifs is 1. The number of carbonyl (C=O) groups is 2. The van der Waals surface area contributed by atoms with E-state index in [9.17, 15) is 9.59 Å². The lowest BCUT2D eigenvalue weighted by molar-refractivity contribution is -0.144. The fourth-order valence-electron chi connectivity index (χ4n) is 1.71. The Kier molecular flexibility index (Phi) is 2.27. The van der Waals surface area contributed by atoms with Crippen LogP contribution in [0.15, 0.2) is 30.3 Å². The fraction of sp³-hybridized carbons (Fsp3) is 0.167. The first kappa shape index (κ1) is 10.4. The van der Waals surface area contributed by atoms with Crippen molar-refractivity contribution in [3.63, 3.8) is 0 Å². The van der Waals surface area contributed by atoms with E-state index < -0.39 is 17.3 Å². The first-order valence-electron chi connectivity index (χ1n) is 4.87. The number of para-hydroxylation sites is 1. The Morgan fingerprint density at radius 1 is 1.31 bits per heavy atom. The summed E-state index contributed by atoms with van der Waals surface area (Å²) in [6, 6.07) is 7.24. The molecule has 0 saturated carbocycles. The molecule has 1 aliphatic heterocycles. The molecule has 16 heavy (non-hydrogen) atoms. The third-order valence-electron chi connectivity index (χ3n) is 2.70. The zero-order valence-electron chi connectivity index (χ0n) is 8.73. The van der Waals surface area contributed by atoms with Crippen LogP contribution in [0.4, 0.5) is 5.69 Å². The van der Waals surface area contributed by atoms with Crippen molar-refractivity contribution in [1.29, 1.82) is 0 Å². The molecule has 1 aromatic rings. The van der Waals surface area contributed by atoms with E-state index in [1.54, 1.807) is 18.2 Å². The highest BCUT2D eigenvalue weighted by Gasteiger charge is 2.42. The predicted molar refractivity (Wildman–Crippen MR) is 60.1 cm³/mol. The molecular formula is C12H11NO3. The van der Waals surface area contributed by atoms with Crippen LogP contribution >= 0.6 is 0 Å². The summed E-state index contributed by atoms with van der Waals surface area (Å²) in [5.74, 6) is -1.63. The van der Waals surface area contributed by atoms with Gasteiger partial charge in [-0.3, -0.25) is 4.79 Å². The summed E-state index contributed by atoms with van der Waals surface area (Å²) >= 11 is 0. The molecule has 0 spiro atoms. The van der Waals surface area contributed by atoms with Gasteiger partial charge < -0.3 is 10.4 Å². The number of hydrogen-bond acceptors (Lipinski definition) is 3. The number of nitrogens with one attached hydrogen (secondary N) is 1. The molecule has 1 heterocycles. The standard InChI is InChI=1S/C12H11NO3/c1-8(14)12(11(15)16)7-6-9-4-2-3-5-10(9)13-12/h2-7,13H,1H3,(H,15,16). The zero-order chi connectivity index (χ0) is 11.8. The van der Waals surface area contributed by atoms with Crippen LogP contribution < -0.4 is 5.32 Å². The molecule has 4 nitrogen and oxygen atoms in total. The van der Waals surface area contributed by atoms with Gasteiger partial charge in [0, 0.05) is 5.69 Å². The van der Waals surface area contributed by atoms with Crippen molar-refractivity contribution in [2.45, 2.75) is 12.5 Å². The van der Waals surface area contributed by atoms with E-state index >= 15 is 0 Å². The molecule has 2 N–H and O–H groups in total. The van der Waals surface area contributed by atoms with Crippen LogP contribution in [0.1, 0.15) is 12.5 Å². The van der Waals surface area contributed by atoms with Crippen LogP contribution in [0.5, 0.6) is 0 Å². The Labute approximate surface area is 92.6 Å². The SMILES string of the molecule is CC(=O)C1(C(=O)O)C=Cc2ccccc2N1. The third-order valence-corrected chi connectivity index (χ3v) is 2.70. The number of ketones is 1. The van der Waals surface area contributed by atoms with Crippen LogP contribution in [0.3, 0.4) is 0 Å². The largest absolute Gasteiger partial charge is 0.479 e. The lowest BCUT2D eigenvalue weighted by Crippen LogP contribution is -2.51. The average molecular weight is 217 g/mol. The summed E-state index contributed by atoms with van der Waals surface area (Å²) in [6.07, 6.45) is 3.04. The van der Waals surface area contributed by atoms with Gasteiger partial charge in [-0.2, -0.15) is 0 Å². The lowest BCUT2D eigenvalue weighted by atomic mass is 9.89. The number of Topliss-reactive ketones (excluding diaryl/α,β-unsaturated/α-hetero) is 1. The molecule has 1 unspecified atom stereocenters. The van der Waals surface area contributed by atoms with E-state index in [4.69, 9.17) is 5.11 Å². The Hall–Kier alpha value is -2.10. The van der Waals surface area contributed by atoms with Gasteiger partial charge in [0.15, 0.2) is 5.78 Å². The number of hydrogen-bond donors (Lipinski definition) is 2. The van der Waals surface area contributed by atoms with E-state index in [-0.39, 0.29) is 0 Å². The third kappa shape index (κ3) is 1.39. The van der Waals surface area contributed by atoms with Crippen molar-refractivity contribution in [2.24, 2.45) is 0 Å². The Balaban J connectivity index is 2.51. The summed E-state index contributed by atoms with van der Waals surface area (Å²) in [5.41, 5.74) is -0.0998. The van der Waals surface area contributed by atoms with Crippen molar-refractivity contribution in [3.8, 4) is 0 Å². The van der Waals surface area contributed by atoms with Crippen LogP contribution in [-0.4, -0.2) is 22.4 Å². The fourth-order valence-corrected chi connectivity index (χ4v) is 1.71. The summed E-state index contributed by atoms with van der Waals surface area (Å²) < 4.78 is 0. The van der Waals surface area contributed by atoms with Gasteiger partial charge in [-0.05, 0) is 24.6 Å². The average Bonchev–Trinajstić information content (AvgIpc) is 2.27. The molecule has 0 amide bonds. The first-order valence-corrected chi connectivity index (χ1v) is 4.87. The molecule has 0 bridgehead atoms. The number of carboxylic acids is 1. The van der Waals surface area contributed by atoms with Crippen LogP contribution in [0.25, 0.3) is 6.08 Å².